The van der Waals surface area contributed by atoms with Gasteiger partial charge in [-0.25, -0.2) is 29.3 Å². The van der Waals surface area contributed by atoms with Gasteiger partial charge in [-0.3, -0.25) is 14.4 Å². The number of halogens is 4. The Balaban J connectivity index is 0.000000225. The minimum absolute atomic E-state index is 0. The molecule has 4 N–H and O–H groups in total. The van der Waals surface area contributed by atoms with Gasteiger partial charge in [0.1, 0.15) is 29.4 Å². The molecule has 8 rings (SSSR count). The number of nitrogens with one attached hydrogen (secondary N) is 1. The number of nitrogens with zero attached hydrogens (tertiary/aromatic N) is 3. The molecule has 1 atom stereocenters. The van der Waals surface area contributed by atoms with E-state index in [1.807, 2.05) is 0 Å². The lowest BCUT2D eigenvalue weighted by molar-refractivity contribution is -0.137. The zero-order valence-electron chi connectivity index (χ0n) is 37.7. The van der Waals surface area contributed by atoms with E-state index < -0.39 is 41.5 Å². The van der Waals surface area contributed by atoms with E-state index in [-0.39, 0.29) is 87.0 Å². The van der Waals surface area contributed by atoms with Gasteiger partial charge in [-0.1, -0.05) is 37.8 Å². The van der Waals surface area contributed by atoms with Crippen molar-refractivity contribution in [1.29, 1.82) is 0 Å². The van der Waals surface area contributed by atoms with Crippen LogP contribution in [0.15, 0.2) is 111 Å². The number of esters is 2. The van der Waals surface area contributed by atoms with Gasteiger partial charge < -0.3 is 56.6 Å². The van der Waals surface area contributed by atoms with E-state index >= 15 is 0 Å². The van der Waals surface area contributed by atoms with E-state index in [1.165, 1.54) is 50.2 Å². The first-order chi connectivity index (χ1) is 33.8. The highest BCUT2D eigenvalue weighted by Crippen LogP contribution is 2.36. The molecule has 21 nitrogen and oxygen atoms in total. The summed E-state index contributed by atoms with van der Waals surface area (Å²) < 4.78 is 45.0. The van der Waals surface area contributed by atoms with Gasteiger partial charge in [0.15, 0.2) is 28.1 Å². The van der Waals surface area contributed by atoms with Crippen LogP contribution in [0, 0.1) is 20.8 Å². The van der Waals surface area contributed by atoms with Crippen LogP contribution >= 0.6 is 46.4 Å². The van der Waals surface area contributed by atoms with Crippen molar-refractivity contribution in [3.8, 4) is 33.8 Å². The molecule has 0 spiro atoms. The van der Waals surface area contributed by atoms with Crippen LogP contribution in [-0.4, -0.2) is 74.8 Å². The fraction of sp³-hybridized carbons (Fsp3) is 0.213. The number of furan rings is 4. The molecule has 0 radical (unpaired) electrons. The number of aromatic carboxylic acids is 1. The number of carbonyl (C=O) groups is 6. The van der Waals surface area contributed by atoms with E-state index in [4.69, 9.17) is 93.2 Å². The minimum Gasteiger partial charge on any atom is -0.478 e. The Morgan fingerprint density at radius 2 is 1.14 bits per heavy atom. The SMILES string of the molecule is C.CCOC(=O)c1oc(C)nc1-c1cc(Cl)oc1Cl.CCOC(=O)c1oc(C)nc1-c1ccoc1.Cc1nc(-c2cc(Cl)oc2Cl)c(C(=O)NC(Cc2ccccc2)C(=O)C(N)=O)o1.O=C(O)c1ccoc1. The number of ether oxygens (including phenoxy) is 2. The summed E-state index contributed by atoms with van der Waals surface area (Å²) in [6.45, 7) is 8.78. The van der Waals surface area contributed by atoms with E-state index in [0.29, 0.717) is 35.2 Å². The second-order valence-electron chi connectivity index (χ2n) is 13.9. The number of ketones is 1. The third-order valence-electron chi connectivity index (χ3n) is 8.86. The summed E-state index contributed by atoms with van der Waals surface area (Å²) >= 11 is 23.3. The van der Waals surface area contributed by atoms with Crippen LogP contribution in [0.1, 0.15) is 86.5 Å². The van der Waals surface area contributed by atoms with Crippen molar-refractivity contribution < 1.29 is 74.3 Å². The van der Waals surface area contributed by atoms with Crippen molar-refractivity contribution in [2.45, 2.75) is 54.5 Å². The van der Waals surface area contributed by atoms with Gasteiger partial charge in [-0.15, -0.1) is 0 Å². The number of carboxylic acid groups (broad SMARTS) is 1. The van der Waals surface area contributed by atoms with E-state index in [0.717, 1.165) is 5.56 Å². The quantitative estimate of drug-likeness (QED) is 0.0673. The summed E-state index contributed by atoms with van der Waals surface area (Å²) in [6, 6.07) is 13.6. The average molecular weight is 1080 g/mol. The van der Waals surface area contributed by atoms with Crippen molar-refractivity contribution in [2.75, 3.05) is 13.2 Å². The van der Waals surface area contributed by atoms with Crippen LogP contribution in [0.5, 0.6) is 0 Å². The van der Waals surface area contributed by atoms with Gasteiger partial charge in [-0.2, -0.15) is 0 Å². The number of oxazole rings is 3. The molecule has 0 aliphatic rings. The molecule has 380 valence electrons. The summed E-state index contributed by atoms with van der Waals surface area (Å²) in [5, 5.41) is 10.8. The maximum absolute atomic E-state index is 12.8. The van der Waals surface area contributed by atoms with Crippen LogP contribution in [0.4, 0.5) is 0 Å². The van der Waals surface area contributed by atoms with E-state index in [9.17, 15) is 28.8 Å². The molecule has 72 heavy (non-hydrogen) atoms. The Morgan fingerprint density at radius 3 is 1.56 bits per heavy atom. The molecule has 7 aromatic heterocycles. The average Bonchev–Trinajstić information content (AvgIpc) is 4.19. The topological polar surface area (TPSA) is 310 Å². The largest absolute Gasteiger partial charge is 0.478 e. The molecule has 2 amide bonds. The van der Waals surface area contributed by atoms with Crippen molar-refractivity contribution in [3.05, 3.63) is 147 Å². The molecule has 8 aromatic rings. The Hall–Kier alpha value is -7.85. The normalized spacial score (nSPS) is 10.7. The monoisotopic (exact) mass is 1070 g/mol. The number of carbonyl (C=O) groups excluding carboxylic acids is 5. The molecular weight excluding hydrogens is 1030 g/mol. The summed E-state index contributed by atoms with van der Waals surface area (Å²) in [4.78, 5) is 82.2. The number of carboxylic acids is 1. The summed E-state index contributed by atoms with van der Waals surface area (Å²) in [5.41, 5.74) is 8.17. The summed E-state index contributed by atoms with van der Waals surface area (Å²) in [5.74, 6) is -4.16. The zero-order valence-corrected chi connectivity index (χ0v) is 40.7. The van der Waals surface area contributed by atoms with Crippen LogP contribution in [0.2, 0.25) is 20.9 Å². The zero-order chi connectivity index (χ0) is 51.9. The first-order valence-electron chi connectivity index (χ1n) is 20.4. The van der Waals surface area contributed by atoms with Crippen molar-refractivity contribution >= 4 is 81.9 Å². The van der Waals surface area contributed by atoms with Gasteiger partial charge >= 0.3 is 17.9 Å². The van der Waals surface area contributed by atoms with Gasteiger partial charge in [0.25, 0.3) is 11.8 Å². The first kappa shape index (κ1) is 56.7. The Bertz CT molecular complexity index is 3090. The fourth-order valence-corrected chi connectivity index (χ4v) is 6.82. The molecule has 0 aliphatic heterocycles. The molecule has 0 fully saturated rings. The summed E-state index contributed by atoms with van der Waals surface area (Å²) in [6.07, 6.45) is 5.58. The molecule has 25 heteroatoms. The molecule has 0 aliphatic carbocycles. The molecule has 0 bridgehead atoms. The number of Topliss-reactive ketones (excluding diaryl/α,β-unsaturated/α-hetero) is 1. The lowest BCUT2D eigenvalue weighted by Gasteiger charge is -2.15. The standard InChI is InChI=1S/C19H15Cl2N3O5.C11H9Cl2NO4.C11H11NO4.C5H4O3.CH4/c1-9-23-14(11-8-13(20)29-17(11)21)16(28-9)19(27)24-12(15(25)18(22)26)7-10-5-3-2-4-6-10;1-3-16-11(15)9-8(14-5(2)17-9)6-4-7(12)18-10(6)13;1-3-15-11(13)10-9(12-7(2)16-10)8-4-5-14-6-8;6-5(7)4-1-2-8-3-4;/h2-6,8,12H,7H2,1H3,(H2,22,26)(H,24,27);4H,3H2,1-2H3;4-6H,3H2,1-2H3;1-3H,(H,6,7);1H4. The van der Waals surface area contributed by atoms with Gasteiger partial charge in [0, 0.05) is 44.9 Å². The van der Waals surface area contributed by atoms with Crippen molar-refractivity contribution in [3.63, 3.8) is 0 Å². The van der Waals surface area contributed by atoms with E-state index in [1.54, 1.807) is 64.1 Å². The number of nitrogens with two attached hydrogens (primary N) is 1. The molecular formula is C47H43Cl4N5O16. The third kappa shape index (κ3) is 15.1. The lowest BCUT2D eigenvalue weighted by Crippen LogP contribution is -2.47. The highest BCUT2D eigenvalue weighted by atomic mass is 35.5. The van der Waals surface area contributed by atoms with Gasteiger partial charge in [0.2, 0.25) is 33.5 Å². The van der Waals surface area contributed by atoms with Gasteiger partial charge in [-0.05, 0) is 77.9 Å². The number of rotatable bonds is 14. The Labute approximate surface area is 428 Å². The Morgan fingerprint density at radius 1 is 0.667 bits per heavy atom. The lowest BCUT2D eigenvalue weighted by atomic mass is 10.0. The van der Waals surface area contributed by atoms with Crippen LogP contribution < -0.4 is 11.1 Å². The molecule has 0 saturated carbocycles. The minimum atomic E-state index is -1.19. The highest BCUT2D eigenvalue weighted by molar-refractivity contribution is 6.38. The van der Waals surface area contributed by atoms with Crippen molar-refractivity contribution in [2.24, 2.45) is 5.73 Å². The van der Waals surface area contributed by atoms with E-state index in [2.05, 4.69) is 24.7 Å². The smallest absolute Gasteiger partial charge is 0.376 e. The summed E-state index contributed by atoms with van der Waals surface area (Å²) in [7, 11) is 0. The molecule has 1 aromatic carbocycles. The Kier molecular flexibility index (Phi) is 20.8. The number of aromatic nitrogens is 3. The molecule has 0 saturated heterocycles. The third-order valence-corrected chi connectivity index (χ3v) is 9.80. The predicted octanol–water partition coefficient (Wildman–Crippen LogP) is 10.7. The molecule has 7 heterocycles. The number of primary amides is 1. The van der Waals surface area contributed by atoms with Gasteiger partial charge in [0.05, 0.1) is 48.7 Å². The number of hydrogen-bond acceptors (Lipinski definition) is 18. The van der Waals surface area contributed by atoms with Crippen LogP contribution in [0.25, 0.3) is 33.8 Å². The number of aryl methyl sites for hydroxylation is 3. The fourth-order valence-electron chi connectivity index (χ4n) is 5.91. The second kappa shape index (κ2) is 26.4. The van der Waals surface area contributed by atoms with Crippen molar-refractivity contribution in [1.82, 2.24) is 20.3 Å². The van der Waals surface area contributed by atoms with Crippen LogP contribution in [0.3, 0.4) is 0 Å². The predicted molar refractivity (Wildman–Crippen MR) is 257 cm³/mol. The molecule has 1 unspecified atom stereocenters. The van der Waals surface area contributed by atoms with Crippen LogP contribution in [-0.2, 0) is 25.5 Å². The second-order valence-corrected chi connectivity index (χ2v) is 15.4. The number of hydrogen-bond donors (Lipinski definition) is 3. The maximum atomic E-state index is 12.8. The first-order valence-corrected chi connectivity index (χ1v) is 22.0. The number of benzene rings is 1. The maximum Gasteiger partial charge on any atom is 0.376 e. The highest BCUT2D eigenvalue weighted by Gasteiger charge is 2.31. The number of amides is 2.